The van der Waals surface area contributed by atoms with E-state index in [-0.39, 0.29) is 0 Å². The molecule has 1 spiro atoms. The molecule has 5 heteroatoms. The van der Waals surface area contributed by atoms with Crippen LogP contribution in [0.25, 0.3) is 83.1 Å². The predicted octanol–water partition coefficient (Wildman–Crippen LogP) is 15.9. The molecule has 8 aromatic carbocycles. The predicted molar refractivity (Wildman–Crippen MR) is 241 cm³/mol. The Morgan fingerprint density at radius 3 is 2.12 bits per heavy atom. The van der Waals surface area contributed by atoms with Crippen LogP contribution in [0.3, 0.4) is 0 Å². The lowest BCUT2D eigenvalue weighted by Gasteiger charge is -2.40. The lowest BCUT2D eigenvalue weighted by Crippen LogP contribution is -2.32. The third kappa shape index (κ3) is 4.42. The van der Waals surface area contributed by atoms with Gasteiger partial charge in [0.25, 0.3) is 0 Å². The minimum Gasteiger partial charge on any atom is -0.459 e. The second-order valence-corrected chi connectivity index (χ2v) is 17.6. The summed E-state index contributed by atoms with van der Waals surface area (Å²) < 4.78 is 13.2. The Balaban J connectivity index is 1.18. The van der Waals surface area contributed by atoms with Gasteiger partial charge in [-0.1, -0.05) is 138 Å². The molecule has 0 atom stereocenters. The van der Waals surface area contributed by atoms with Crippen molar-refractivity contribution in [3.63, 3.8) is 0 Å². The SMILES string of the molecule is Clc1ccc2c(c1)oc1cc3c(cc12)Sc1cc(-c2ccc(Cl)c4oc5c(c24)C=CCC5)c(-c2ccc4ccccc4c2)cc1C31c2ccccc2-c2ccccc21. The summed E-state index contributed by atoms with van der Waals surface area (Å²) in [4.78, 5) is 2.42. The Kier molecular flexibility index (Phi) is 6.86. The van der Waals surface area contributed by atoms with Gasteiger partial charge in [-0.05, 0) is 121 Å². The van der Waals surface area contributed by atoms with E-state index in [1.165, 1.54) is 53.9 Å². The molecule has 274 valence electrons. The Morgan fingerprint density at radius 1 is 0.534 bits per heavy atom. The molecule has 2 aliphatic carbocycles. The third-order valence-electron chi connectivity index (χ3n) is 12.7. The van der Waals surface area contributed by atoms with Gasteiger partial charge in [0.2, 0.25) is 0 Å². The summed E-state index contributed by atoms with van der Waals surface area (Å²) in [5.74, 6) is 0.996. The van der Waals surface area contributed by atoms with Crippen molar-refractivity contribution < 1.29 is 8.83 Å². The molecule has 1 aliphatic heterocycles. The smallest absolute Gasteiger partial charge is 0.154 e. The highest BCUT2D eigenvalue weighted by atomic mass is 35.5. The first-order chi connectivity index (χ1) is 28.5. The fourth-order valence-corrected chi connectivity index (χ4v) is 11.8. The van der Waals surface area contributed by atoms with E-state index in [1.54, 1.807) is 0 Å². The highest BCUT2D eigenvalue weighted by Crippen LogP contribution is 2.64. The molecular weight excluding hydrogens is 772 g/mol. The summed E-state index contributed by atoms with van der Waals surface area (Å²) in [7, 11) is 0. The van der Waals surface area contributed by atoms with Gasteiger partial charge in [0.1, 0.15) is 16.9 Å². The average molecular weight is 802 g/mol. The molecular formula is C53H30Cl2O2S. The summed E-state index contributed by atoms with van der Waals surface area (Å²) in [6, 6.07) is 53.2. The van der Waals surface area contributed by atoms with Crippen LogP contribution in [0.2, 0.25) is 10.0 Å². The minimum absolute atomic E-state index is 0.620. The maximum atomic E-state index is 6.96. The molecule has 0 radical (unpaired) electrons. The van der Waals surface area contributed by atoms with Crippen LogP contribution in [-0.4, -0.2) is 0 Å². The van der Waals surface area contributed by atoms with Crippen LogP contribution in [0.4, 0.5) is 0 Å². The van der Waals surface area contributed by atoms with Crippen LogP contribution >= 0.6 is 35.0 Å². The number of fused-ring (bicyclic) bond motifs is 16. The second-order valence-electron chi connectivity index (χ2n) is 15.7. The van der Waals surface area contributed by atoms with Crippen LogP contribution in [0.15, 0.2) is 170 Å². The number of hydrogen-bond donors (Lipinski definition) is 0. The Bertz CT molecular complexity index is 3430. The number of aryl methyl sites for hydroxylation is 1. The van der Waals surface area contributed by atoms with Gasteiger partial charge in [0, 0.05) is 49.0 Å². The van der Waals surface area contributed by atoms with Crippen molar-refractivity contribution >= 4 is 84.7 Å². The average Bonchev–Trinajstić information content (AvgIpc) is 3.92. The quantitative estimate of drug-likeness (QED) is 0.174. The van der Waals surface area contributed by atoms with E-state index in [0.29, 0.717) is 10.0 Å². The summed E-state index contributed by atoms with van der Waals surface area (Å²) >= 11 is 15.3. The molecule has 3 heterocycles. The first-order valence-electron chi connectivity index (χ1n) is 19.7. The lowest BCUT2D eigenvalue weighted by molar-refractivity contribution is 0.546. The lowest BCUT2D eigenvalue weighted by atomic mass is 9.66. The monoisotopic (exact) mass is 800 g/mol. The number of allylic oxidation sites excluding steroid dienone is 1. The normalized spacial score (nSPS) is 14.6. The van der Waals surface area contributed by atoms with E-state index >= 15 is 0 Å². The zero-order chi connectivity index (χ0) is 38.3. The van der Waals surface area contributed by atoms with Crippen molar-refractivity contribution in [2.24, 2.45) is 0 Å². The third-order valence-corrected chi connectivity index (χ3v) is 14.4. The molecule has 58 heavy (non-hydrogen) atoms. The number of furan rings is 2. The van der Waals surface area contributed by atoms with Gasteiger partial charge in [0.15, 0.2) is 5.58 Å². The zero-order valence-electron chi connectivity index (χ0n) is 30.9. The van der Waals surface area contributed by atoms with Crippen molar-refractivity contribution in [1.29, 1.82) is 0 Å². The number of rotatable bonds is 2. The number of halogens is 2. The first-order valence-corrected chi connectivity index (χ1v) is 21.2. The van der Waals surface area contributed by atoms with E-state index in [9.17, 15) is 0 Å². The molecule has 0 fully saturated rings. The second kappa shape index (κ2) is 12.0. The van der Waals surface area contributed by atoms with E-state index < -0.39 is 5.41 Å². The van der Waals surface area contributed by atoms with Crippen molar-refractivity contribution in [3.05, 3.63) is 195 Å². The van der Waals surface area contributed by atoms with Gasteiger partial charge < -0.3 is 8.83 Å². The summed E-state index contributed by atoms with van der Waals surface area (Å²) in [6.07, 6.45) is 6.28. The summed E-state index contributed by atoms with van der Waals surface area (Å²) in [6.45, 7) is 0. The molecule has 0 amide bonds. The molecule has 10 aromatic rings. The topological polar surface area (TPSA) is 26.3 Å². The number of benzene rings is 8. The highest BCUT2D eigenvalue weighted by molar-refractivity contribution is 7.99. The first kappa shape index (κ1) is 33.0. The molecule has 3 aliphatic rings. The zero-order valence-corrected chi connectivity index (χ0v) is 33.2. The standard InChI is InChI=1S/C53H30Cl2O2S/c54-32-19-20-35-40-27-50-44(28-48(40)56-47(35)24-32)53(41-14-6-3-11-33(41)34-12-4-7-15-42(34)53)43-25-38(31-18-17-29-9-1-2-10-30(29)23-31)39(26-49(43)58-50)36-21-22-45(55)52-51(36)37-13-5-8-16-46(37)57-52/h1-7,9-15,17-28H,8,16H2. The summed E-state index contributed by atoms with van der Waals surface area (Å²) in [5.41, 5.74) is 15.0. The van der Waals surface area contributed by atoms with Crippen molar-refractivity contribution in [2.75, 3.05) is 0 Å². The number of hydrogen-bond acceptors (Lipinski definition) is 3. The van der Waals surface area contributed by atoms with E-state index in [2.05, 4.69) is 140 Å². The van der Waals surface area contributed by atoms with Gasteiger partial charge in [0.05, 0.1) is 10.4 Å². The van der Waals surface area contributed by atoms with Crippen molar-refractivity contribution in [3.8, 4) is 33.4 Å². The van der Waals surface area contributed by atoms with E-state index in [0.717, 1.165) is 79.3 Å². The molecule has 0 saturated carbocycles. The molecule has 13 rings (SSSR count). The van der Waals surface area contributed by atoms with Crippen LogP contribution in [-0.2, 0) is 11.8 Å². The van der Waals surface area contributed by atoms with Crippen LogP contribution in [0.1, 0.15) is 40.0 Å². The fraction of sp³-hybridized carbons (Fsp3) is 0.0566. The Labute approximate surface area is 348 Å². The molecule has 0 bridgehead atoms. The fourth-order valence-electron chi connectivity index (χ4n) is 10.3. The molecule has 0 unspecified atom stereocenters. The minimum atomic E-state index is -0.620. The van der Waals surface area contributed by atoms with Gasteiger partial charge in [-0.25, -0.2) is 0 Å². The van der Waals surface area contributed by atoms with Gasteiger partial charge in [-0.2, -0.15) is 0 Å². The Morgan fingerprint density at radius 2 is 1.28 bits per heavy atom. The van der Waals surface area contributed by atoms with Crippen molar-refractivity contribution in [2.45, 2.75) is 28.0 Å². The molecule has 2 aromatic heterocycles. The van der Waals surface area contributed by atoms with E-state index in [1.807, 2.05) is 30.0 Å². The molecule has 0 saturated heterocycles. The molecule has 0 N–H and O–H groups in total. The molecule has 2 nitrogen and oxygen atoms in total. The van der Waals surface area contributed by atoms with Crippen LogP contribution in [0, 0.1) is 0 Å². The van der Waals surface area contributed by atoms with Gasteiger partial charge in [-0.15, -0.1) is 0 Å². The maximum Gasteiger partial charge on any atom is 0.154 e. The maximum absolute atomic E-state index is 6.96. The highest BCUT2D eigenvalue weighted by Gasteiger charge is 2.51. The van der Waals surface area contributed by atoms with Gasteiger partial charge in [-0.3, -0.25) is 0 Å². The van der Waals surface area contributed by atoms with E-state index in [4.69, 9.17) is 32.0 Å². The summed E-state index contributed by atoms with van der Waals surface area (Å²) in [5, 5.41) is 6.91. The Hall–Kier alpha value is -5.97. The van der Waals surface area contributed by atoms with Gasteiger partial charge >= 0.3 is 0 Å². The van der Waals surface area contributed by atoms with Crippen LogP contribution < -0.4 is 0 Å². The van der Waals surface area contributed by atoms with Crippen LogP contribution in [0.5, 0.6) is 0 Å². The largest absolute Gasteiger partial charge is 0.459 e. The van der Waals surface area contributed by atoms with Crippen molar-refractivity contribution in [1.82, 2.24) is 0 Å².